The molecule has 0 saturated carbocycles. The van der Waals surface area contributed by atoms with Gasteiger partial charge in [0, 0.05) is 5.69 Å². The lowest BCUT2D eigenvalue weighted by atomic mass is 10.2. The van der Waals surface area contributed by atoms with E-state index in [4.69, 9.17) is 4.74 Å². The van der Waals surface area contributed by atoms with Crippen molar-refractivity contribution in [2.24, 2.45) is 5.10 Å². The number of hydrogen-bond acceptors (Lipinski definition) is 5. The van der Waals surface area contributed by atoms with Crippen molar-refractivity contribution in [1.82, 2.24) is 5.43 Å². The quantitative estimate of drug-likeness (QED) is 0.539. The molecule has 2 rings (SSSR count). The van der Waals surface area contributed by atoms with E-state index in [-0.39, 0.29) is 11.7 Å². The molecule has 1 atom stereocenters. The SMILES string of the molecule is CCC(Nc1ccc(OC)cc1)C(=O)NN=Cc1ccc(O)cc1. The molecule has 0 saturated heterocycles. The summed E-state index contributed by atoms with van der Waals surface area (Å²) in [5.41, 5.74) is 4.14. The van der Waals surface area contributed by atoms with Crippen LogP contribution in [-0.4, -0.2) is 30.4 Å². The first-order chi connectivity index (χ1) is 11.6. The monoisotopic (exact) mass is 327 g/mol. The number of amides is 1. The molecule has 3 N–H and O–H groups in total. The zero-order chi connectivity index (χ0) is 17.4. The molecular weight excluding hydrogens is 306 g/mol. The van der Waals surface area contributed by atoms with E-state index < -0.39 is 6.04 Å². The molecule has 0 bridgehead atoms. The number of methoxy groups -OCH3 is 1. The molecule has 0 aliphatic heterocycles. The first kappa shape index (κ1) is 17.3. The molecule has 6 heteroatoms. The first-order valence-electron chi connectivity index (χ1n) is 7.65. The van der Waals surface area contributed by atoms with Crippen LogP contribution in [0.15, 0.2) is 53.6 Å². The topological polar surface area (TPSA) is 83.0 Å². The summed E-state index contributed by atoms with van der Waals surface area (Å²) in [7, 11) is 1.61. The van der Waals surface area contributed by atoms with Crippen molar-refractivity contribution in [1.29, 1.82) is 0 Å². The fourth-order valence-electron chi connectivity index (χ4n) is 2.05. The van der Waals surface area contributed by atoms with Crippen LogP contribution in [0.25, 0.3) is 0 Å². The Labute approximate surface area is 141 Å². The molecule has 24 heavy (non-hydrogen) atoms. The number of anilines is 1. The van der Waals surface area contributed by atoms with Crippen LogP contribution >= 0.6 is 0 Å². The number of nitrogens with zero attached hydrogens (tertiary/aromatic N) is 1. The van der Waals surface area contributed by atoms with Crippen LogP contribution in [0.3, 0.4) is 0 Å². The number of phenols is 1. The van der Waals surface area contributed by atoms with Gasteiger partial charge in [0.05, 0.1) is 13.3 Å². The predicted molar refractivity (Wildman–Crippen MR) is 94.5 cm³/mol. The minimum atomic E-state index is -0.393. The van der Waals surface area contributed by atoms with E-state index >= 15 is 0 Å². The van der Waals surface area contributed by atoms with Gasteiger partial charge in [-0.25, -0.2) is 5.43 Å². The maximum absolute atomic E-state index is 12.2. The molecule has 0 heterocycles. The Morgan fingerprint density at radius 3 is 2.46 bits per heavy atom. The molecule has 2 aromatic carbocycles. The van der Waals surface area contributed by atoms with E-state index in [0.29, 0.717) is 6.42 Å². The number of nitrogens with one attached hydrogen (secondary N) is 2. The standard InChI is InChI=1S/C18H21N3O3/c1-3-17(20-14-6-10-16(24-2)11-7-14)18(23)21-19-12-13-4-8-15(22)9-5-13/h4-12,17,20,22H,3H2,1-2H3,(H,21,23). The molecule has 6 nitrogen and oxygen atoms in total. The smallest absolute Gasteiger partial charge is 0.262 e. The fraction of sp³-hybridized carbons (Fsp3) is 0.222. The van der Waals surface area contributed by atoms with Crippen LogP contribution < -0.4 is 15.5 Å². The van der Waals surface area contributed by atoms with Gasteiger partial charge >= 0.3 is 0 Å². The highest BCUT2D eigenvalue weighted by atomic mass is 16.5. The number of ether oxygens (including phenoxy) is 1. The summed E-state index contributed by atoms with van der Waals surface area (Å²) in [5, 5.41) is 16.3. The Hall–Kier alpha value is -3.02. The van der Waals surface area contributed by atoms with Gasteiger partial charge in [-0.05, 0) is 60.5 Å². The highest BCUT2D eigenvalue weighted by Gasteiger charge is 2.15. The summed E-state index contributed by atoms with van der Waals surface area (Å²) in [5.74, 6) is 0.728. The highest BCUT2D eigenvalue weighted by molar-refractivity contribution is 5.86. The summed E-state index contributed by atoms with van der Waals surface area (Å²) >= 11 is 0. The average Bonchev–Trinajstić information content (AvgIpc) is 2.61. The number of carbonyl (C=O) groups excluding carboxylic acids is 1. The minimum Gasteiger partial charge on any atom is -0.508 e. The third-order valence-electron chi connectivity index (χ3n) is 3.44. The van der Waals surface area contributed by atoms with Crippen molar-refractivity contribution in [3.8, 4) is 11.5 Å². The van der Waals surface area contributed by atoms with Crippen LogP contribution in [-0.2, 0) is 4.79 Å². The van der Waals surface area contributed by atoms with E-state index in [0.717, 1.165) is 17.0 Å². The first-order valence-corrected chi connectivity index (χ1v) is 7.65. The van der Waals surface area contributed by atoms with E-state index in [2.05, 4.69) is 15.8 Å². The Kier molecular flexibility index (Phi) is 6.19. The molecule has 126 valence electrons. The summed E-state index contributed by atoms with van der Waals surface area (Å²) < 4.78 is 5.11. The number of rotatable bonds is 7. The molecule has 0 aromatic heterocycles. The van der Waals surface area contributed by atoms with Gasteiger partial charge in [0.2, 0.25) is 0 Å². The average molecular weight is 327 g/mol. The number of benzene rings is 2. The Bertz CT molecular complexity index is 682. The number of hydrazone groups is 1. The molecule has 0 radical (unpaired) electrons. The predicted octanol–water partition coefficient (Wildman–Crippen LogP) is 2.74. The summed E-state index contributed by atoms with van der Waals surface area (Å²) in [6.45, 7) is 1.92. The van der Waals surface area contributed by atoms with Crippen LogP contribution in [0.5, 0.6) is 11.5 Å². The summed E-state index contributed by atoms with van der Waals surface area (Å²) in [6, 6.07) is 13.5. The zero-order valence-corrected chi connectivity index (χ0v) is 13.7. The molecule has 2 aromatic rings. The van der Waals surface area contributed by atoms with Gasteiger partial charge in [0.1, 0.15) is 17.5 Å². The third kappa shape index (κ3) is 5.01. The lowest BCUT2D eigenvalue weighted by Crippen LogP contribution is -2.36. The van der Waals surface area contributed by atoms with Crippen LogP contribution in [0.2, 0.25) is 0 Å². The van der Waals surface area contributed by atoms with E-state index in [1.54, 1.807) is 31.4 Å². The molecule has 0 aliphatic carbocycles. The van der Waals surface area contributed by atoms with Crippen LogP contribution in [0.1, 0.15) is 18.9 Å². The Morgan fingerprint density at radius 2 is 1.88 bits per heavy atom. The number of hydrogen-bond donors (Lipinski definition) is 3. The van der Waals surface area contributed by atoms with Crippen LogP contribution in [0.4, 0.5) is 5.69 Å². The Morgan fingerprint density at radius 1 is 1.21 bits per heavy atom. The normalized spacial score (nSPS) is 11.9. The lowest BCUT2D eigenvalue weighted by Gasteiger charge is -2.16. The maximum atomic E-state index is 12.2. The van der Waals surface area contributed by atoms with Gasteiger partial charge in [0.15, 0.2) is 0 Å². The third-order valence-corrected chi connectivity index (χ3v) is 3.44. The second-order valence-electron chi connectivity index (χ2n) is 5.16. The van der Waals surface area contributed by atoms with Gasteiger partial charge in [-0.15, -0.1) is 0 Å². The largest absolute Gasteiger partial charge is 0.508 e. The highest BCUT2D eigenvalue weighted by Crippen LogP contribution is 2.16. The molecule has 1 amide bonds. The summed E-state index contributed by atoms with van der Waals surface area (Å²) in [6.07, 6.45) is 2.14. The van der Waals surface area contributed by atoms with E-state index in [1.165, 1.54) is 6.21 Å². The number of aromatic hydroxyl groups is 1. The van der Waals surface area contributed by atoms with Crippen LogP contribution in [0, 0.1) is 0 Å². The fourth-order valence-corrected chi connectivity index (χ4v) is 2.05. The van der Waals surface area contributed by atoms with Crippen molar-refractivity contribution in [3.63, 3.8) is 0 Å². The van der Waals surface area contributed by atoms with Crippen molar-refractivity contribution in [2.45, 2.75) is 19.4 Å². The second kappa shape index (κ2) is 8.57. The van der Waals surface area contributed by atoms with Gasteiger partial charge < -0.3 is 15.2 Å². The van der Waals surface area contributed by atoms with Crippen molar-refractivity contribution < 1.29 is 14.6 Å². The van der Waals surface area contributed by atoms with E-state index in [1.807, 2.05) is 31.2 Å². The zero-order valence-electron chi connectivity index (χ0n) is 13.7. The molecular formula is C18H21N3O3. The molecule has 1 unspecified atom stereocenters. The molecule has 0 fully saturated rings. The van der Waals surface area contributed by atoms with Crippen molar-refractivity contribution in [2.75, 3.05) is 12.4 Å². The van der Waals surface area contributed by atoms with Crippen molar-refractivity contribution >= 4 is 17.8 Å². The van der Waals surface area contributed by atoms with Crippen molar-refractivity contribution in [3.05, 3.63) is 54.1 Å². The molecule has 0 aliphatic rings. The van der Waals surface area contributed by atoms with E-state index in [9.17, 15) is 9.90 Å². The van der Waals surface area contributed by atoms with Gasteiger partial charge in [0.25, 0.3) is 5.91 Å². The maximum Gasteiger partial charge on any atom is 0.262 e. The lowest BCUT2D eigenvalue weighted by molar-refractivity contribution is -0.121. The number of phenolic OH excluding ortho intramolecular Hbond substituents is 1. The summed E-state index contributed by atoms with van der Waals surface area (Å²) in [4.78, 5) is 12.2. The Balaban J connectivity index is 1.91. The van der Waals surface area contributed by atoms with Gasteiger partial charge in [-0.2, -0.15) is 5.10 Å². The second-order valence-corrected chi connectivity index (χ2v) is 5.16. The molecule has 0 spiro atoms. The number of carbonyl (C=O) groups is 1. The minimum absolute atomic E-state index is 0.186. The van der Waals surface area contributed by atoms with Gasteiger partial charge in [-0.1, -0.05) is 6.92 Å². The van der Waals surface area contributed by atoms with Gasteiger partial charge in [-0.3, -0.25) is 4.79 Å².